The summed E-state index contributed by atoms with van der Waals surface area (Å²) in [6, 6.07) is 5.21. The van der Waals surface area contributed by atoms with Crippen LogP contribution in [0.5, 0.6) is 0 Å². The first-order valence-corrected chi connectivity index (χ1v) is 6.56. The highest BCUT2D eigenvalue weighted by Crippen LogP contribution is 2.18. The van der Waals surface area contributed by atoms with Gasteiger partial charge in [0.2, 0.25) is 10.0 Å². The average molecular weight is 280 g/mol. The van der Waals surface area contributed by atoms with Crippen molar-refractivity contribution in [1.29, 1.82) is 0 Å². The molecule has 0 aliphatic carbocycles. The summed E-state index contributed by atoms with van der Waals surface area (Å²) in [5.74, 6) is 0. The molecule has 0 aliphatic rings. The number of benzene rings is 1. The van der Waals surface area contributed by atoms with Crippen LogP contribution in [0.25, 0.3) is 0 Å². The number of nitrogen functional groups attached to an aromatic ring is 1. The normalized spacial score (nSPS) is 12.3. The molecule has 0 atom stereocenters. The van der Waals surface area contributed by atoms with Crippen LogP contribution < -0.4 is 5.73 Å². The van der Waals surface area contributed by atoms with Gasteiger partial charge in [0.15, 0.2) is 0 Å². The quantitative estimate of drug-likeness (QED) is 0.744. The molecule has 0 amide bonds. The molecule has 3 N–H and O–H groups in total. The van der Waals surface area contributed by atoms with E-state index in [4.69, 9.17) is 10.8 Å². The van der Waals surface area contributed by atoms with E-state index >= 15 is 0 Å². The Hall–Kier alpha value is -1.25. The van der Waals surface area contributed by atoms with E-state index in [9.17, 15) is 17.2 Å². The fourth-order valence-electron chi connectivity index (χ4n) is 1.36. The number of nitrogens with two attached hydrogens (primary N) is 1. The molecule has 0 spiro atoms. The Kier molecular flexibility index (Phi) is 5.00. The van der Waals surface area contributed by atoms with Gasteiger partial charge in [-0.15, -0.1) is 0 Å². The molecule has 1 aromatic carbocycles. The van der Waals surface area contributed by atoms with Gasteiger partial charge in [-0.2, -0.15) is 4.31 Å². The Morgan fingerprint density at radius 3 is 2.28 bits per heavy atom. The van der Waals surface area contributed by atoms with Crippen molar-refractivity contribution >= 4 is 15.7 Å². The number of alkyl halides is 2. The zero-order chi connectivity index (χ0) is 13.8. The third kappa shape index (κ3) is 3.62. The molecule has 0 radical (unpaired) electrons. The minimum atomic E-state index is -4.04. The van der Waals surface area contributed by atoms with Crippen LogP contribution in [0, 0.1) is 0 Å². The van der Waals surface area contributed by atoms with Crippen LogP contribution in [0.4, 0.5) is 14.5 Å². The van der Waals surface area contributed by atoms with Crippen LogP contribution >= 0.6 is 0 Å². The molecule has 0 saturated carbocycles. The molecule has 0 fully saturated rings. The molecule has 0 aromatic heterocycles. The van der Waals surface area contributed by atoms with Crippen molar-refractivity contribution in [1.82, 2.24) is 4.31 Å². The summed E-state index contributed by atoms with van der Waals surface area (Å²) in [7, 11) is -4.04. The third-order valence-electron chi connectivity index (χ3n) is 2.21. The van der Waals surface area contributed by atoms with Gasteiger partial charge in [-0.05, 0) is 24.3 Å². The second kappa shape index (κ2) is 6.07. The Morgan fingerprint density at radius 1 is 1.28 bits per heavy atom. The molecule has 18 heavy (non-hydrogen) atoms. The standard InChI is InChI=1S/C10H14F2N2O3S/c11-10(12)7-14(5-6-15)18(16,17)9-3-1-8(13)2-4-9/h1-4,10,15H,5-7,13H2. The monoisotopic (exact) mass is 280 g/mol. The van der Waals surface area contributed by atoms with E-state index < -0.39 is 29.6 Å². The molecule has 102 valence electrons. The summed E-state index contributed by atoms with van der Waals surface area (Å²) in [6.45, 7) is -1.86. The van der Waals surface area contributed by atoms with Gasteiger partial charge < -0.3 is 10.8 Å². The molecular formula is C10H14F2N2O3S. The summed E-state index contributed by atoms with van der Waals surface area (Å²) in [4.78, 5) is -0.134. The van der Waals surface area contributed by atoms with Gasteiger partial charge in [0.1, 0.15) is 0 Å². The molecule has 1 rings (SSSR count). The largest absolute Gasteiger partial charge is 0.399 e. The van der Waals surface area contributed by atoms with Gasteiger partial charge >= 0.3 is 0 Å². The zero-order valence-electron chi connectivity index (χ0n) is 9.46. The predicted octanol–water partition coefficient (Wildman–Crippen LogP) is 0.517. The van der Waals surface area contributed by atoms with E-state index in [0.717, 1.165) is 0 Å². The Labute approximate surface area is 104 Å². The lowest BCUT2D eigenvalue weighted by atomic mass is 10.3. The predicted molar refractivity (Wildman–Crippen MR) is 62.7 cm³/mol. The number of nitrogens with zero attached hydrogens (tertiary/aromatic N) is 1. The van der Waals surface area contributed by atoms with Crippen molar-refractivity contribution in [2.45, 2.75) is 11.3 Å². The summed E-state index contributed by atoms with van der Waals surface area (Å²) in [5, 5.41) is 8.73. The Bertz CT molecular complexity index is 476. The molecule has 5 nitrogen and oxygen atoms in total. The smallest absolute Gasteiger partial charge is 0.252 e. The van der Waals surface area contributed by atoms with Gasteiger partial charge in [-0.25, -0.2) is 17.2 Å². The molecule has 0 bridgehead atoms. The van der Waals surface area contributed by atoms with Crippen LogP contribution in [0.15, 0.2) is 29.2 Å². The van der Waals surface area contributed by atoms with Crippen LogP contribution in [0.2, 0.25) is 0 Å². The van der Waals surface area contributed by atoms with Crippen molar-refractivity contribution < 1.29 is 22.3 Å². The van der Waals surface area contributed by atoms with Gasteiger partial charge in [-0.3, -0.25) is 0 Å². The highest BCUT2D eigenvalue weighted by atomic mass is 32.2. The van der Waals surface area contributed by atoms with Crippen LogP contribution in [-0.2, 0) is 10.0 Å². The summed E-state index contributed by atoms with van der Waals surface area (Å²) >= 11 is 0. The average Bonchev–Trinajstić information content (AvgIpc) is 2.28. The zero-order valence-corrected chi connectivity index (χ0v) is 10.3. The number of halogens is 2. The van der Waals surface area contributed by atoms with E-state index in [1.165, 1.54) is 24.3 Å². The molecular weight excluding hydrogens is 266 g/mol. The number of rotatable bonds is 6. The molecule has 0 saturated heterocycles. The SMILES string of the molecule is Nc1ccc(S(=O)(=O)N(CCO)CC(F)F)cc1. The fourth-order valence-corrected chi connectivity index (χ4v) is 2.77. The summed E-state index contributed by atoms with van der Waals surface area (Å²) in [6.07, 6.45) is -2.81. The maximum absolute atomic E-state index is 12.3. The van der Waals surface area contributed by atoms with E-state index in [1.54, 1.807) is 0 Å². The third-order valence-corrected chi connectivity index (χ3v) is 4.09. The van der Waals surface area contributed by atoms with Gasteiger partial charge in [0, 0.05) is 12.2 Å². The van der Waals surface area contributed by atoms with E-state index in [2.05, 4.69) is 0 Å². The molecule has 0 unspecified atom stereocenters. The molecule has 1 aromatic rings. The van der Waals surface area contributed by atoms with Gasteiger partial charge in [0.05, 0.1) is 18.0 Å². The van der Waals surface area contributed by atoms with Crippen molar-refractivity contribution in [3.05, 3.63) is 24.3 Å². The van der Waals surface area contributed by atoms with E-state index in [1.807, 2.05) is 0 Å². The first kappa shape index (κ1) is 14.8. The minimum absolute atomic E-state index is 0.134. The van der Waals surface area contributed by atoms with E-state index in [-0.39, 0.29) is 11.4 Å². The number of aliphatic hydroxyl groups excluding tert-OH is 1. The molecule has 0 heterocycles. The van der Waals surface area contributed by atoms with Crippen LogP contribution in [0.1, 0.15) is 0 Å². The van der Waals surface area contributed by atoms with Crippen molar-refractivity contribution in [3.8, 4) is 0 Å². The number of sulfonamides is 1. The maximum Gasteiger partial charge on any atom is 0.252 e. The molecule has 0 aliphatic heterocycles. The summed E-state index contributed by atoms with van der Waals surface area (Å²) < 4.78 is 49.2. The van der Waals surface area contributed by atoms with Crippen LogP contribution in [0.3, 0.4) is 0 Å². The minimum Gasteiger partial charge on any atom is -0.399 e. The second-order valence-corrected chi connectivity index (χ2v) is 5.48. The topological polar surface area (TPSA) is 83.6 Å². The lowest BCUT2D eigenvalue weighted by Gasteiger charge is -2.20. The highest BCUT2D eigenvalue weighted by Gasteiger charge is 2.26. The number of hydrogen-bond donors (Lipinski definition) is 2. The number of hydrogen-bond acceptors (Lipinski definition) is 4. The highest BCUT2D eigenvalue weighted by molar-refractivity contribution is 7.89. The van der Waals surface area contributed by atoms with Crippen molar-refractivity contribution in [2.75, 3.05) is 25.4 Å². The summed E-state index contributed by atoms with van der Waals surface area (Å²) in [5.41, 5.74) is 5.79. The number of anilines is 1. The fraction of sp³-hybridized carbons (Fsp3) is 0.400. The van der Waals surface area contributed by atoms with Gasteiger partial charge in [-0.1, -0.05) is 0 Å². The lowest BCUT2D eigenvalue weighted by Crippen LogP contribution is -2.37. The van der Waals surface area contributed by atoms with Crippen LogP contribution in [-0.4, -0.2) is 44.0 Å². The first-order valence-electron chi connectivity index (χ1n) is 5.12. The second-order valence-electron chi connectivity index (χ2n) is 3.55. The van der Waals surface area contributed by atoms with Crippen molar-refractivity contribution in [2.24, 2.45) is 0 Å². The Morgan fingerprint density at radius 2 is 1.83 bits per heavy atom. The maximum atomic E-state index is 12.3. The van der Waals surface area contributed by atoms with E-state index in [0.29, 0.717) is 9.99 Å². The van der Waals surface area contributed by atoms with Gasteiger partial charge in [0.25, 0.3) is 6.43 Å². The Balaban J connectivity index is 3.04. The lowest BCUT2D eigenvalue weighted by molar-refractivity contribution is 0.113. The van der Waals surface area contributed by atoms with Crippen molar-refractivity contribution in [3.63, 3.8) is 0 Å². The molecule has 8 heteroatoms. The number of aliphatic hydroxyl groups is 1. The first-order chi connectivity index (χ1) is 8.37.